The molecule has 0 unspecified atom stereocenters. The fraction of sp³-hybridized carbons (Fsp3) is 0.333. The van der Waals surface area contributed by atoms with Gasteiger partial charge < -0.3 is 9.15 Å². The molecule has 0 saturated heterocycles. The van der Waals surface area contributed by atoms with Crippen LogP contribution in [-0.4, -0.2) is 21.7 Å². The number of ether oxygens (including phenoxy) is 1. The normalized spacial score (nSPS) is 12.9. The molecule has 0 N–H and O–H groups in total. The number of thioether (sulfide) groups is 1. The van der Waals surface area contributed by atoms with Crippen molar-refractivity contribution in [3.8, 4) is 0 Å². The molecule has 6 nitrogen and oxygen atoms in total. The number of esters is 1. The van der Waals surface area contributed by atoms with Gasteiger partial charge in [-0.15, -0.1) is 0 Å². The fourth-order valence-electron chi connectivity index (χ4n) is 3.50. The van der Waals surface area contributed by atoms with Crippen LogP contribution in [0.3, 0.4) is 0 Å². The summed E-state index contributed by atoms with van der Waals surface area (Å²) in [7, 11) is 0. The highest BCUT2D eigenvalue weighted by molar-refractivity contribution is 7.99. The van der Waals surface area contributed by atoms with E-state index in [2.05, 4.69) is 16.0 Å². The smallest absolute Gasteiger partial charge is 0.336 e. The maximum atomic E-state index is 12.2. The van der Waals surface area contributed by atoms with Crippen LogP contribution in [-0.2, 0) is 29.0 Å². The van der Waals surface area contributed by atoms with E-state index in [-0.39, 0.29) is 18.3 Å². The summed E-state index contributed by atoms with van der Waals surface area (Å²) >= 11 is 1.24. The van der Waals surface area contributed by atoms with Crippen LogP contribution in [0.15, 0.2) is 38.6 Å². The minimum Gasteiger partial charge on any atom is -0.460 e. The number of carbonyl (C=O) groups is 1. The molecular formula is C21H20N2O4S. The molecule has 1 aliphatic rings. The quantitative estimate of drug-likeness (QED) is 0.282. The van der Waals surface area contributed by atoms with Crippen LogP contribution in [0.1, 0.15) is 34.5 Å². The summed E-state index contributed by atoms with van der Waals surface area (Å²) in [6, 6.07) is 7.28. The second-order valence-corrected chi connectivity index (χ2v) is 7.89. The average molecular weight is 396 g/mol. The largest absolute Gasteiger partial charge is 0.460 e. The minimum atomic E-state index is -0.436. The summed E-state index contributed by atoms with van der Waals surface area (Å²) in [5.41, 5.74) is 5.01. The molecule has 3 aromatic rings. The van der Waals surface area contributed by atoms with Gasteiger partial charge in [0.15, 0.2) is 5.16 Å². The summed E-state index contributed by atoms with van der Waals surface area (Å²) in [5.74, 6) is -0.271. The lowest BCUT2D eigenvalue weighted by molar-refractivity contribution is -0.141. The lowest BCUT2D eigenvalue weighted by Crippen LogP contribution is -2.10. The number of rotatable bonds is 5. The van der Waals surface area contributed by atoms with E-state index in [9.17, 15) is 9.59 Å². The standard InChI is InChI=1S/C21H20N2O4S/c1-12-6-13(2)23-21(22-12)28-11-20(25)26-10-16-9-19(24)27-18-8-15-5-3-4-14(15)7-17(16)18/h6-9H,3-5,10-11H2,1-2H3. The highest BCUT2D eigenvalue weighted by Crippen LogP contribution is 2.28. The molecule has 2 aromatic heterocycles. The molecule has 0 saturated carbocycles. The molecule has 2 heterocycles. The summed E-state index contributed by atoms with van der Waals surface area (Å²) in [4.78, 5) is 32.7. The molecule has 4 rings (SSSR count). The number of benzene rings is 1. The van der Waals surface area contributed by atoms with E-state index in [0.29, 0.717) is 16.3 Å². The van der Waals surface area contributed by atoms with Gasteiger partial charge in [-0.3, -0.25) is 4.79 Å². The molecular weight excluding hydrogens is 376 g/mol. The zero-order valence-electron chi connectivity index (χ0n) is 15.8. The summed E-state index contributed by atoms with van der Waals surface area (Å²) in [5, 5.41) is 1.38. The topological polar surface area (TPSA) is 82.3 Å². The summed E-state index contributed by atoms with van der Waals surface area (Å²) < 4.78 is 10.7. The first-order chi connectivity index (χ1) is 13.5. The predicted molar refractivity (Wildman–Crippen MR) is 107 cm³/mol. The zero-order valence-corrected chi connectivity index (χ0v) is 16.6. The van der Waals surface area contributed by atoms with Gasteiger partial charge in [-0.05, 0) is 62.4 Å². The van der Waals surface area contributed by atoms with Gasteiger partial charge in [0.25, 0.3) is 0 Å². The summed E-state index contributed by atoms with van der Waals surface area (Å²) in [6.45, 7) is 3.81. The molecule has 144 valence electrons. The highest BCUT2D eigenvalue weighted by Gasteiger charge is 2.16. The Kier molecular flexibility index (Phi) is 5.17. The Bertz CT molecular complexity index is 1100. The summed E-state index contributed by atoms with van der Waals surface area (Å²) in [6.07, 6.45) is 3.14. The maximum Gasteiger partial charge on any atom is 0.336 e. The van der Waals surface area contributed by atoms with Crippen LogP contribution in [0.5, 0.6) is 0 Å². The Morgan fingerprint density at radius 3 is 2.57 bits per heavy atom. The molecule has 0 radical (unpaired) electrons. The van der Waals surface area contributed by atoms with Crippen molar-refractivity contribution in [3.63, 3.8) is 0 Å². The monoisotopic (exact) mass is 396 g/mol. The number of aromatic nitrogens is 2. The SMILES string of the molecule is Cc1cc(C)nc(SCC(=O)OCc2cc(=O)oc3cc4c(cc23)CCC4)n1. The predicted octanol–water partition coefficient (Wildman–Crippen LogP) is 3.52. The van der Waals surface area contributed by atoms with Gasteiger partial charge in [0.1, 0.15) is 12.2 Å². The Labute approximate surface area is 166 Å². The van der Waals surface area contributed by atoms with Gasteiger partial charge in [-0.1, -0.05) is 11.8 Å². The molecule has 0 atom stereocenters. The van der Waals surface area contributed by atoms with Crippen molar-refractivity contribution in [2.75, 3.05) is 5.75 Å². The first kappa shape index (κ1) is 18.7. The second kappa shape index (κ2) is 7.75. The Morgan fingerprint density at radius 1 is 1.11 bits per heavy atom. The highest BCUT2D eigenvalue weighted by atomic mass is 32.2. The van der Waals surface area contributed by atoms with E-state index in [0.717, 1.165) is 36.0 Å². The average Bonchev–Trinajstić information content (AvgIpc) is 3.09. The van der Waals surface area contributed by atoms with Gasteiger partial charge in [0, 0.05) is 28.4 Å². The molecule has 28 heavy (non-hydrogen) atoms. The molecule has 1 aromatic carbocycles. The third kappa shape index (κ3) is 4.09. The lowest BCUT2D eigenvalue weighted by atomic mass is 10.0. The lowest BCUT2D eigenvalue weighted by Gasteiger charge is -2.09. The minimum absolute atomic E-state index is 0.0357. The molecule has 0 bridgehead atoms. The number of hydrogen-bond acceptors (Lipinski definition) is 7. The van der Waals surface area contributed by atoms with E-state index in [1.54, 1.807) is 0 Å². The van der Waals surface area contributed by atoms with Gasteiger partial charge >= 0.3 is 11.6 Å². The van der Waals surface area contributed by atoms with Crippen LogP contribution in [0.2, 0.25) is 0 Å². The molecule has 0 spiro atoms. The van der Waals surface area contributed by atoms with Crippen molar-refractivity contribution >= 4 is 28.7 Å². The van der Waals surface area contributed by atoms with Crippen LogP contribution < -0.4 is 5.63 Å². The van der Waals surface area contributed by atoms with Crippen LogP contribution in [0.4, 0.5) is 0 Å². The Morgan fingerprint density at radius 2 is 1.82 bits per heavy atom. The van der Waals surface area contributed by atoms with Gasteiger partial charge in [0.2, 0.25) is 0 Å². The van der Waals surface area contributed by atoms with Crippen molar-refractivity contribution in [1.82, 2.24) is 9.97 Å². The van der Waals surface area contributed by atoms with E-state index >= 15 is 0 Å². The van der Waals surface area contributed by atoms with E-state index in [1.165, 1.54) is 29.0 Å². The fourth-order valence-corrected chi connectivity index (χ4v) is 4.24. The third-order valence-electron chi connectivity index (χ3n) is 4.71. The van der Waals surface area contributed by atoms with Crippen LogP contribution in [0, 0.1) is 13.8 Å². The van der Waals surface area contributed by atoms with Gasteiger partial charge in [-0.2, -0.15) is 0 Å². The van der Waals surface area contributed by atoms with Crippen molar-refractivity contribution < 1.29 is 13.9 Å². The molecule has 7 heteroatoms. The first-order valence-corrected chi connectivity index (χ1v) is 10.2. The number of aryl methyl sites for hydroxylation is 4. The van der Waals surface area contributed by atoms with Crippen molar-refractivity contribution in [3.05, 3.63) is 62.8 Å². The van der Waals surface area contributed by atoms with Crippen LogP contribution >= 0.6 is 11.8 Å². The molecule has 0 aliphatic heterocycles. The number of fused-ring (bicyclic) bond motifs is 2. The van der Waals surface area contributed by atoms with Gasteiger partial charge in [-0.25, -0.2) is 14.8 Å². The molecule has 0 amide bonds. The van der Waals surface area contributed by atoms with Crippen LogP contribution in [0.25, 0.3) is 11.0 Å². The van der Waals surface area contributed by atoms with Crippen molar-refractivity contribution in [2.45, 2.75) is 44.9 Å². The van der Waals surface area contributed by atoms with E-state index in [4.69, 9.17) is 9.15 Å². The van der Waals surface area contributed by atoms with E-state index < -0.39 is 5.63 Å². The maximum absolute atomic E-state index is 12.2. The Balaban J connectivity index is 1.46. The third-order valence-corrected chi connectivity index (χ3v) is 5.53. The number of carbonyl (C=O) groups excluding carboxylic acids is 1. The second-order valence-electron chi connectivity index (χ2n) is 6.94. The Hall–Kier alpha value is -2.67. The zero-order chi connectivity index (χ0) is 19.7. The van der Waals surface area contributed by atoms with E-state index in [1.807, 2.05) is 26.0 Å². The number of nitrogens with zero attached hydrogens (tertiary/aromatic N) is 2. The van der Waals surface area contributed by atoms with Crippen molar-refractivity contribution in [1.29, 1.82) is 0 Å². The molecule has 1 aliphatic carbocycles. The van der Waals surface area contributed by atoms with Gasteiger partial charge in [0.05, 0.1) is 5.75 Å². The number of hydrogen-bond donors (Lipinski definition) is 0. The van der Waals surface area contributed by atoms with Crippen molar-refractivity contribution in [2.24, 2.45) is 0 Å². The first-order valence-electron chi connectivity index (χ1n) is 9.17. The molecule has 0 fully saturated rings.